The maximum atomic E-state index is 12.6. The number of nitrogens with zero attached hydrogens (tertiary/aromatic N) is 1. The third-order valence-corrected chi connectivity index (χ3v) is 4.17. The normalized spacial score (nSPS) is 11.8. The number of carboxylic acids is 1. The number of carbonyl (C=O) groups is 2. The molecule has 0 heterocycles. The van der Waals surface area contributed by atoms with Crippen LogP contribution in [0.2, 0.25) is 0 Å². The highest BCUT2D eigenvalue weighted by atomic mass is 16.4. The van der Waals surface area contributed by atoms with Crippen molar-refractivity contribution in [3.63, 3.8) is 0 Å². The van der Waals surface area contributed by atoms with Gasteiger partial charge in [-0.25, -0.2) is 9.59 Å². The fourth-order valence-electron chi connectivity index (χ4n) is 2.58. The zero-order chi connectivity index (χ0) is 16.6. The number of carboxylic acid groups (broad SMARTS) is 1. The summed E-state index contributed by atoms with van der Waals surface area (Å²) >= 11 is 0. The van der Waals surface area contributed by atoms with Crippen molar-refractivity contribution in [2.75, 3.05) is 6.54 Å². The molecular formula is C16H32N2O3. The Morgan fingerprint density at radius 1 is 1.10 bits per heavy atom. The van der Waals surface area contributed by atoms with E-state index < -0.39 is 11.5 Å². The topological polar surface area (TPSA) is 69.6 Å². The third kappa shape index (κ3) is 5.21. The summed E-state index contributed by atoms with van der Waals surface area (Å²) < 4.78 is 0. The molecule has 0 aromatic rings. The zero-order valence-electron chi connectivity index (χ0n) is 14.4. The first-order valence-corrected chi connectivity index (χ1v) is 8.09. The van der Waals surface area contributed by atoms with Crippen LogP contribution in [0.1, 0.15) is 67.2 Å². The molecule has 0 aromatic carbocycles. The van der Waals surface area contributed by atoms with Gasteiger partial charge in [0, 0.05) is 12.6 Å². The Balaban J connectivity index is 5.23. The molecule has 0 aliphatic heterocycles. The van der Waals surface area contributed by atoms with E-state index in [1.807, 2.05) is 0 Å². The van der Waals surface area contributed by atoms with Crippen molar-refractivity contribution < 1.29 is 14.7 Å². The highest BCUT2D eigenvalue weighted by Gasteiger charge is 2.38. The lowest BCUT2D eigenvalue weighted by molar-refractivity contribution is -0.144. The lowest BCUT2D eigenvalue weighted by Crippen LogP contribution is -2.59. The van der Waals surface area contributed by atoms with Gasteiger partial charge in [-0.15, -0.1) is 0 Å². The molecule has 124 valence electrons. The highest BCUT2D eigenvalue weighted by Crippen LogP contribution is 2.18. The Kier molecular flexibility index (Phi) is 8.37. The minimum atomic E-state index is -1.17. The molecule has 2 amide bonds. The van der Waals surface area contributed by atoms with Crippen LogP contribution in [0.15, 0.2) is 0 Å². The quantitative estimate of drug-likeness (QED) is 0.685. The Labute approximate surface area is 129 Å². The molecule has 21 heavy (non-hydrogen) atoms. The fraction of sp³-hybridized carbons (Fsp3) is 0.875. The molecule has 0 aliphatic rings. The van der Waals surface area contributed by atoms with Crippen molar-refractivity contribution >= 4 is 12.0 Å². The molecule has 5 heteroatoms. The van der Waals surface area contributed by atoms with E-state index in [2.05, 4.69) is 33.0 Å². The third-order valence-electron chi connectivity index (χ3n) is 4.17. The van der Waals surface area contributed by atoms with Gasteiger partial charge in [-0.2, -0.15) is 0 Å². The van der Waals surface area contributed by atoms with Gasteiger partial charge in [0.15, 0.2) is 0 Å². The van der Waals surface area contributed by atoms with Crippen molar-refractivity contribution in [2.24, 2.45) is 5.92 Å². The molecule has 0 aromatic heterocycles. The molecular weight excluding hydrogens is 268 g/mol. The van der Waals surface area contributed by atoms with Gasteiger partial charge in [-0.05, 0) is 31.6 Å². The van der Waals surface area contributed by atoms with Crippen molar-refractivity contribution in [2.45, 2.75) is 78.8 Å². The van der Waals surface area contributed by atoms with Crippen LogP contribution in [0.4, 0.5) is 4.79 Å². The fourth-order valence-corrected chi connectivity index (χ4v) is 2.58. The van der Waals surface area contributed by atoms with E-state index in [4.69, 9.17) is 0 Å². The van der Waals surface area contributed by atoms with Crippen LogP contribution in [0.3, 0.4) is 0 Å². The lowest BCUT2D eigenvalue weighted by atomic mass is 9.93. The van der Waals surface area contributed by atoms with Crippen LogP contribution in [-0.4, -0.2) is 40.1 Å². The van der Waals surface area contributed by atoms with Gasteiger partial charge in [-0.3, -0.25) is 0 Å². The minimum Gasteiger partial charge on any atom is -0.480 e. The predicted molar refractivity (Wildman–Crippen MR) is 85.4 cm³/mol. The van der Waals surface area contributed by atoms with Crippen molar-refractivity contribution in [3.05, 3.63) is 0 Å². The summed E-state index contributed by atoms with van der Waals surface area (Å²) in [5, 5.41) is 12.2. The zero-order valence-corrected chi connectivity index (χ0v) is 14.4. The number of amides is 2. The van der Waals surface area contributed by atoms with E-state index in [0.717, 1.165) is 12.8 Å². The standard InChI is InChI=1S/C16H32N2O3/c1-7-13(8-2)18(11-12(5)6)15(21)17-16(9-3,10-4)14(19)20/h12-13H,7-11H2,1-6H3,(H,17,21)(H,19,20). The molecule has 0 rings (SSSR count). The van der Waals surface area contributed by atoms with E-state index in [1.165, 1.54) is 0 Å². The average Bonchev–Trinajstić information content (AvgIpc) is 2.44. The first kappa shape index (κ1) is 19.7. The summed E-state index contributed by atoms with van der Waals surface area (Å²) in [4.78, 5) is 26.0. The summed E-state index contributed by atoms with van der Waals surface area (Å²) in [5.41, 5.74) is -1.17. The van der Waals surface area contributed by atoms with E-state index >= 15 is 0 Å². The number of hydrogen-bond donors (Lipinski definition) is 2. The maximum absolute atomic E-state index is 12.6. The van der Waals surface area contributed by atoms with Gasteiger partial charge < -0.3 is 15.3 Å². The molecule has 2 N–H and O–H groups in total. The van der Waals surface area contributed by atoms with E-state index in [-0.39, 0.29) is 12.1 Å². The van der Waals surface area contributed by atoms with Crippen molar-refractivity contribution in [3.8, 4) is 0 Å². The van der Waals surface area contributed by atoms with Crippen molar-refractivity contribution in [1.29, 1.82) is 0 Å². The van der Waals surface area contributed by atoms with Gasteiger partial charge in [0.2, 0.25) is 0 Å². The number of urea groups is 1. The van der Waals surface area contributed by atoms with E-state index in [9.17, 15) is 14.7 Å². The van der Waals surface area contributed by atoms with Crippen molar-refractivity contribution in [1.82, 2.24) is 10.2 Å². The van der Waals surface area contributed by atoms with Crippen LogP contribution < -0.4 is 5.32 Å². The van der Waals surface area contributed by atoms with Gasteiger partial charge >= 0.3 is 12.0 Å². The molecule has 0 radical (unpaired) electrons. The first-order valence-electron chi connectivity index (χ1n) is 8.09. The van der Waals surface area contributed by atoms with Gasteiger partial charge in [0.05, 0.1) is 0 Å². The number of carbonyl (C=O) groups excluding carboxylic acids is 1. The monoisotopic (exact) mass is 300 g/mol. The van der Waals surface area contributed by atoms with Gasteiger partial charge in [0.25, 0.3) is 0 Å². The number of nitrogens with one attached hydrogen (secondary N) is 1. The first-order chi connectivity index (χ1) is 9.77. The molecule has 5 nitrogen and oxygen atoms in total. The lowest BCUT2D eigenvalue weighted by Gasteiger charge is -2.36. The molecule has 0 fully saturated rings. The predicted octanol–water partition coefficient (Wildman–Crippen LogP) is 3.49. The number of rotatable bonds is 9. The van der Waals surface area contributed by atoms with Crippen LogP contribution in [0, 0.1) is 5.92 Å². The smallest absolute Gasteiger partial charge is 0.329 e. The SMILES string of the molecule is CCC(CC)N(CC(C)C)C(=O)NC(CC)(CC)C(=O)O. The van der Waals surface area contributed by atoms with Crippen LogP contribution in [0.5, 0.6) is 0 Å². The number of aliphatic carboxylic acids is 1. The molecule has 0 aliphatic carbocycles. The second kappa shape index (κ2) is 8.90. The second-order valence-electron chi connectivity index (χ2n) is 6.04. The molecule has 0 unspecified atom stereocenters. The Hall–Kier alpha value is -1.26. The summed E-state index contributed by atoms with van der Waals surface area (Å²) in [6.45, 7) is 12.5. The molecule has 0 saturated carbocycles. The van der Waals surface area contributed by atoms with Crippen LogP contribution in [0.25, 0.3) is 0 Å². The average molecular weight is 300 g/mol. The molecule has 0 spiro atoms. The summed E-state index contributed by atoms with van der Waals surface area (Å²) in [5.74, 6) is -0.617. The largest absolute Gasteiger partial charge is 0.480 e. The molecule has 0 atom stereocenters. The van der Waals surface area contributed by atoms with Crippen LogP contribution >= 0.6 is 0 Å². The van der Waals surface area contributed by atoms with E-state index in [1.54, 1.807) is 18.7 Å². The highest BCUT2D eigenvalue weighted by molar-refractivity contribution is 5.86. The van der Waals surface area contributed by atoms with Crippen LogP contribution in [-0.2, 0) is 4.79 Å². The summed E-state index contributed by atoms with van der Waals surface area (Å²) in [6.07, 6.45) is 2.50. The van der Waals surface area contributed by atoms with Gasteiger partial charge in [0.1, 0.15) is 5.54 Å². The summed E-state index contributed by atoms with van der Waals surface area (Å²) in [6, 6.07) is -0.115. The minimum absolute atomic E-state index is 0.146. The Morgan fingerprint density at radius 2 is 1.57 bits per heavy atom. The van der Waals surface area contributed by atoms with Gasteiger partial charge in [-0.1, -0.05) is 41.5 Å². The molecule has 0 saturated heterocycles. The Bertz CT molecular complexity index is 334. The molecule has 0 bridgehead atoms. The maximum Gasteiger partial charge on any atom is 0.329 e. The summed E-state index contributed by atoms with van der Waals surface area (Å²) in [7, 11) is 0. The second-order valence-corrected chi connectivity index (χ2v) is 6.04. The number of hydrogen-bond acceptors (Lipinski definition) is 2. The Morgan fingerprint density at radius 3 is 1.86 bits per heavy atom. The van der Waals surface area contributed by atoms with E-state index in [0.29, 0.717) is 25.3 Å².